The quantitative estimate of drug-likeness (QED) is 0.717. The third kappa shape index (κ3) is 5.48. The lowest BCUT2D eigenvalue weighted by molar-refractivity contribution is 0.0170. The van der Waals surface area contributed by atoms with Crippen LogP contribution in [0.3, 0.4) is 0 Å². The maximum absolute atomic E-state index is 5.62. The van der Waals surface area contributed by atoms with Crippen LogP contribution < -0.4 is 4.74 Å². The molecule has 0 saturated carbocycles. The van der Waals surface area contributed by atoms with E-state index in [0.29, 0.717) is 13.2 Å². The highest BCUT2D eigenvalue weighted by molar-refractivity contribution is 9.10. The van der Waals surface area contributed by atoms with Crippen LogP contribution in [0.5, 0.6) is 5.75 Å². The van der Waals surface area contributed by atoms with Gasteiger partial charge in [-0.05, 0) is 28.1 Å². The molecule has 0 aromatic heterocycles. The van der Waals surface area contributed by atoms with Crippen molar-refractivity contribution >= 4 is 15.9 Å². The Kier molecular flexibility index (Phi) is 6.64. The molecule has 1 aromatic carbocycles. The van der Waals surface area contributed by atoms with Crippen molar-refractivity contribution in [3.05, 3.63) is 28.7 Å². The van der Waals surface area contributed by atoms with E-state index < -0.39 is 0 Å². The molecule has 2 rings (SSSR count). The van der Waals surface area contributed by atoms with E-state index in [1.807, 2.05) is 24.3 Å². The van der Waals surface area contributed by atoms with Gasteiger partial charge in [0.05, 0.1) is 30.9 Å². The topological polar surface area (TPSA) is 30.9 Å². The lowest BCUT2D eigenvalue weighted by Gasteiger charge is -2.26. The Morgan fingerprint density at radius 1 is 1.11 bits per heavy atom. The molecule has 1 aliphatic rings. The van der Waals surface area contributed by atoms with Gasteiger partial charge in [0, 0.05) is 19.6 Å². The van der Waals surface area contributed by atoms with E-state index in [1.54, 1.807) is 0 Å². The van der Waals surface area contributed by atoms with Crippen molar-refractivity contribution in [1.82, 2.24) is 4.90 Å². The van der Waals surface area contributed by atoms with Gasteiger partial charge in [-0.3, -0.25) is 4.90 Å². The lowest BCUT2D eigenvalue weighted by atomic mass is 10.3. The second kappa shape index (κ2) is 8.53. The molecule has 106 valence electrons. The minimum atomic E-state index is 0.575. The van der Waals surface area contributed by atoms with Crippen LogP contribution in [0.25, 0.3) is 0 Å². The van der Waals surface area contributed by atoms with E-state index in [1.165, 1.54) is 0 Å². The van der Waals surface area contributed by atoms with Crippen LogP contribution in [0.2, 0.25) is 0 Å². The summed E-state index contributed by atoms with van der Waals surface area (Å²) in [6.07, 6.45) is 0. The van der Waals surface area contributed by atoms with Crippen LogP contribution in [0.15, 0.2) is 28.7 Å². The fourth-order valence-electron chi connectivity index (χ4n) is 1.89. The van der Waals surface area contributed by atoms with Gasteiger partial charge >= 0.3 is 0 Å². The van der Waals surface area contributed by atoms with Crippen molar-refractivity contribution in [3.63, 3.8) is 0 Å². The second-order valence-corrected chi connectivity index (χ2v) is 5.20. The molecular formula is C14H20BrNO3. The zero-order chi connectivity index (χ0) is 13.3. The number of morpholine rings is 1. The summed E-state index contributed by atoms with van der Waals surface area (Å²) in [5, 5.41) is 0. The smallest absolute Gasteiger partial charge is 0.133 e. The van der Waals surface area contributed by atoms with Crippen molar-refractivity contribution in [2.45, 2.75) is 0 Å². The Morgan fingerprint density at radius 2 is 1.89 bits per heavy atom. The normalized spacial score (nSPS) is 16.5. The van der Waals surface area contributed by atoms with Gasteiger partial charge in [-0.25, -0.2) is 0 Å². The summed E-state index contributed by atoms with van der Waals surface area (Å²) in [6.45, 7) is 6.61. The van der Waals surface area contributed by atoms with Crippen LogP contribution in [-0.2, 0) is 9.47 Å². The molecule has 1 fully saturated rings. The predicted molar refractivity (Wildman–Crippen MR) is 77.7 cm³/mol. The molecule has 19 heavy (non-hydrogen) atoms. The molecule has 0 radical (unpaired) electrons. The number of benzene rings is 1. The first-order chi connectivity index (χ1) is 9.36. The van der Waals surface area contributed by atoms with E-state index in [0.717, 1.165) is 49.7 Å². The largest absolute Gasteiger partial charge is 0.490 e. The monoisotopic (exact) mass is 329 g/mol. The molecule has 5 heteroatoms. The van der Waals surface area contributed by atoms with Crippen molar-refractivity contribution in [1.29, 1.82) is 0 Å². The number of halogens is 1. The van der Waals surface area contributed by atoms with Gasteiger partial charge in [-0.1, -0.05) is 12.1 Å². The first kappa shape index (κ1) is 14.8. The summed E-state index contributed by atoms with van der Waals surface area (Å²) in [6, 6.07) is 7.83. The van der Waals surface area contributed by atoms with Crippen LogP contribution in [0.1, 0.15) is 0 Å². The number of rotatable bonds is 7. The molecule has 0 amide bonds. The highest BCUT2D eigenvalue weighted by Crippen LogP contribution is 2.23. The molecule has 1 heterocycles. The molecular weight excluding hydrogens is 310 g/mol. The molecule has 0 atom stereocenters. The predicted octanol–water partition coefficient (Wildman–Crippen LogP) is 2.18. The van der Waals surface area contributed by atoms with E-state index in [9.17, 15) is 0 Å². The van der Waals surface area contributed by atoms with E-state index in [-0.39, 0.29) is 0 Å². The van der Waals surface area contributed by atoms with E-state index in [4.69, 9.17) is 14.2 Å². The van der Waals surface area contributed by atoms with Gasteiger partial charge in [0.1, 0.15) is 12.4 Å². The average Bonchev–Trinajstić information content (AvgIpc) is 2.45. The Bertz CT molecular complexity index is 369. The molecule has 4 nitrogen and oxygen atoms in total. The number of hydrogen-bond donors (Lipinski definition) is 0. The number of nitrogens with zero attached hydrogens (tertiary/aromatic N) is 1. The Labute approximate surface area is 122 Å². The highest BCUT2D eigenvalue weighted by Gasteiger charge is 2.09. The Balaban J connectivity index is 1.51. The minimum Gasteiger partial charge on any atom is -0.490 e. The summed E-state index contributed by atoms with van der Waals surface area (Å²) in [5.41, 5.74) is 0. The highest BCUT2D eigenvalue weighted by atomic mass is 79.9. The molecule has 0 bridgehead atoms. The third-order valence-electron chi connectivity index (χ3n) is 2.98. The lowest BCUT2D eigenvalue weighted by Crippen LogP contribution is -2.38. The summed E-state index contributed by atoms with van der Waals surface area (Å²) in [7, 11) is 0. The van der Waals surface area contributed by atoms with E-state index >= 15 is 0 Å². The summed E-state index contributed by atoms with van der Waals surface area (Å²) in [5.74, 6) is 0.860. The molecule has 0 aliphatic carbocycles. The van der Waals surface area contributed by atoms with Crippen molar-refractivity contribution in [3.8, 4) is 5.75 Å². The van der Waals surface area contributed by atoms with Crippen LogP contribution in [0.4, 0.5) is 0 Å². The summed E-state index contributed by atoms with van der Waals surface area (Å²) >= 11 is 3.45. The standard InChI is InChI=1S/C14H20BrNO3/c15-13-3-1-2-4-14(13)19-12-11-18-10-7-16-5-8-17-9-6-16/h1-4H,5-12H2. The first-order valence-corrected chi connectivity index (χ1v) is 7.41. The van der Waals surface area contributed by atoms with Crippen LogP contribution in [-0.4, -0.2) is 57.6 Å². The molecule has 0 unspecified atom stereocenters. The van der Waals surface area contributed by atoms with E-state index in [2.05, 4.69) is 20.8 Å². The van der Waals surface area contributed by atoms with Crippen molar-refractivity contribution < 1.29 is 14.2 Å². The maximum Gasteiger partial charge on any atom is 0.133 e. The van der Waals surface area contributed by atoms with Gasteiger partial charge in [0.25, 0.3) is 0 Å². The van der Waals surface area contributed by atoms with Gasteiger partial charge in [-0.15, -0.1) is 0 Å². The number of ether oxygens (including phenoxy) is 3. The molecule has 0 spiro atoms. The SMILES string of the molecule is Brc1ccccc1OCCOCCN1CCOCC1. The molecule has 0 N–H and O–H groups in total. The van der Waals surface area contributed by atoms with Gasteiger partial charge in [0.15, 0.2) is 0 Å². The van der Waals surface area contributed by atoms with Crippen molar-refractivity contribution in [2.75, 3.05) is 52.7 Å². The van der Waals surface area contributed by atoms with Gasteiger partial charge in [-0.2, -0.15) is 0 Å². The van der Waals surface area contributed by atoms with Crippen LogP contribution >= 0.6 is 15.9 Å². The minimum absolute atomic E-state index is 0.575. The average molecular weight is 330 g/mol. The zero-order valence-corrected chi connectivity index (χ0v) is 12.6. The fraction of sp³-hybridized carbons (Fsp3) is 0.571. The maximum atomic E-state index is 5.62. The zero-order valence-electron chi connectivity index (χ0n) is 11.0. The molecule has 1 aliphatic heterocycles. The second-order valence-electron chi connectivity index (χ2n) is 4.35. The van der Waals surface area contributed by atoms with Gasteiger partial charge in [0.2, 0.25) is 0 Å². The number of hydrogen-bond acceptors (Lipinski definition) is 4. The van der Waals surface area contributed by atoms with Gasteiger partial charge < -0.3 is 14.2 Å². The molecule has 1 saturated heterocycles. The van der Waals surface area contributed by atoms with Crippen LogP contribution in [0, 0.1) is 0 Å². The molecule has 1 aromatic rings. The third-order valence-corrected chi connectivity index (χ3v) is 3.63. The summed E-state index contributed by atoms with van der Waals surface area (Å²) < 4.78 is 17.5. The fourth-order valence-corrected chi connectivity index (χ4v) is 2.29. The first-order valence-electron chi connectivity index (χ1n) is 6.61. The number of para-hydroxylation sites is 1. The Morgan fingerprint density at radius 3 is 2.68 bits per heavy atom. The summed E-state index contributed by atoms with van der Waals surface area (Å²) in [4.78, 5) is 2.36. The Hall–Kier alpha value is -0.620. The van der Waals surface area contributed by atoms with Crippen molar-refractivity contribution in [2.24, 2.45) is 0 Å².